The largest absolute Gasteiger partial charge is 3.00 e. The number of rotatable bonds is 6. The van der Waals surface area contributed by atoms with Gasteiger partial charge < -0.3 is 22.6 Å². The first kappa shape index (κ1) is 34.8. The average molecular weight is 592 g/mol. The predicted molar refractivity (Wildman–Crippen MR) is 155 cm³/mol. The van der Waals surface area contributed by atoms with Crippen LogP contribution in [0.4, 0.5) is 0 Å². The fourth-order valence-electron chi connectivity index (χ4n) is 4.68. The van der Waals surface area contributed by atoms with Crippen molar-refractivity contribution in [2.75, 3.05) is 0 Å². The number of halogens is 3. The van der Waals surface area contributed by atoms with Crippen molar-refractivity contribution < 1.29 is 22.6 Å². The zero-order valence-electron chi connectivity index (χ0n) is 23.3. The SMILES string of the molecule is CC(C)(C)c1cc(CCl)cc(C=NC2CCCCC2N=Cc2cc(CCl)cc(C(C)(C)C)c2[O-])c1[O-].[Al+3].[Cl-]. The molecule has 8 heteroatoms. The fraction of sp³-hybridized carbons (Fsp3) is 0.533. The molecule has 204 valence electrons. The Morgan fingerprint density at radius 1 is 0.737 bits per heavy atom. The molecule has 2 aromatic carbocycles. The molecule has 0 N–H and O–H groups in total. The molecule has 2 atom stereocenters. The molecular formula is C30H38AlCl3N2O2. The Morgan fingerprint density at radius 3 is 1.37 bits per heavy atom. The minimum Gasteiger partial charge on any atom is -1.00 e. The molecule has 2 aromatic rings. The Labute approximate surface area is 255 Å². The molecule has 1 fully saturated rings. The van der Waals surface area contributed by atoms with Crippen LogP contribution in [0.25, 0.3) is 0 Å². The van der Waals surface area contributed by atoms with Gasteiger partial charge in [-0.3, -0.25) is 9.98 Å². The zero-order chi connectivity index (χ0) is 26.7. The summed E-state index contributed by atoms with van der Waals surface area (Å²) in [7, 11) is 0. The summed E-state index contributed by atoms with van der Waals surface area (Å²) in [5, 5.41) is 26.3. The van der Waals surface area contributed by atoms with Crippen molar-refractivity contribution in [2.24, 2.45) is 9.98 Å². The van der Waals surface area contributed by atoms with Gasteiger partial charge in [-0.05, 0) is 69.2 Å². The summed E-state index contributed by atoms with van der Waals surface area (Å²) in [6, 6.07) is 7.40. The maximum absolute atomic E-state index is 13.1. The van der Waals surface area contributed by atoms with Crippen molar-refractivity contribution in [3.8, 4) is 11.5 Å². The molecule has 0 saturated heterocycles. The Hall–Kier alpha value is -1.22. The van der Waals surface area contributed by atoms with E-state index in [4.69, 9.17) is 33.2 Å². The van der Waals surface area contributed by atoms with Crippen LogP contribution < -0.4 is 22.6 Å². The van der Waals surface area contributed by atoms with E-state index >= 15 is 0 Å². The van der Waals surface area contributed by atoms with E-state index in [1.165, 1.54) is 0 Å². The van der Waals surface area contributed by atoms with Crippen LogP contribution in [-0.2, 0) is 22.6 Å². The van der Waals surface area contributed by atoms with Gasteiger partial charge in [0.15, 0.2) is 0 Å². The molecular weight excluding hydrogens is 554 g/mol. The molecule has 1 saturated carbocycles. The summed E-state index contributed by atoms with van der Waals surface area (Å²) >= 11 is 12.2. The number of benzene rings is 2. The summed E-state index contributed by atoms with van der Waals surface area (Å²) in [4.78, 5) is 9.68. The first-order valence-electron chi connectivity index (χ1n) is 12.7. The minimum absolute atomic E-state index is 0. The number of aliphatic imine (C=N–C) groups is 2. The third-order valence-electron chi connectivity index (χ3n) is 6.78. The van der Waals surface area contributed by atoms with Crippen LogP contribution in [0.3, 0.4) is 0 Å². The molecule has 0 aliphatic heterocycles. The van der Waals surface area contributed by atoms with Crippen LogP contribution >= 0.6 is 23.2 Å². The maximum Gasteiger partial charge on any atom is 3.00 e. The average Bonchev–Trinajstić information content (AvgIpc) is 2.81. The molecule has 0 amide bonds. The van der Waals surface area contributed by atoms with Crippen LogP contribution in [-0.4, -0.2) is 41.9 Å². The molecule has 2 unspecified atom stereocenters. The summed E-state index contributed by atoms with van der Waals surface area (Å²) < 4.78 is 0. The van der Waals surface area contributed by atoms with Gasteiger partial charge in [-0.1, -0.05) is 78.0 Å². The molecule has 1 aliphatic rings. The monoisotopic (exact) mass is 590 g/mol. The van der Waals surface area contributed by atoms with Crippen LogP contribution in [0.1, 0.15) is 101 Å². The number of nitrogens with zero attached hydrogens (tertiary/aromatic N) is 2. The van der Waals surface area contributed by atoms with E-state index in [1.807, 2.05) is 65.8 Å². The van der Waals surface area contributed by atoms with Gasteiger partial charge in [0.05, 0.1) is 12.1 Å². The third-order valence-corrected chi connectivity index (χ3v) is 7.40. The first-order chi connectivity index (χ1) is 16.8. The molecule has 0 radical (unpaired) electrons. The van der Waals surface area contributed by atoms with Crippen LogP contribution in [0.2, 0.25) is 0 Å². The second kappa shape index (κ2) is 14.4. The van der Waals surface area contributed by atoms with E-state index in [9.17, 15) is 10.2 Å². The van der Waals surface area contributed by atoms with Crippen molar-refractivity contribution in [2.45, 2.75) is 102 Å². The van der Waals surface area contributed by atoms with Gasteiger partial charge in [0.2, 0.25) is 0 Å². The molecule has 0 bridgehead atoms. The summed E-state index contributed by atoms with van der Waals surface area (Å²) in [5.74, 6) is 0.686. The van der Waals surface area contributed by atoms with Crippen molar-refractivity contribution in [1.82, 2.24) is 0 Å². The van der Waals surface area contributed by atoms with E-state index in [0.717, 1.165) is 47.9 Å². The number of alkyl halides is 2. The van der Waals surface area contributed by atoms with Gasteiger partial charge >= 0.3 is 17.4 Å². The first-order valence-corrected chi connectivity index (χ1v) is 13.8. The Kier molecular flexibility index (Phi) is 13.2. The van der Waals surface area contributed by atoms with Gasteiger partial charge in [-0.2, -0.15) is 0 Å². The van der Waals surface area contributed by atoms with E-state index < -0.39 is 0 Å². The second-order valence-electron chi connectivity index (χ2n) is 11.9. The van der Waals surface area contributed by atoms with Gasteiger partial charge in [0.25, 0.3) is 0 Å². The molecule has 0 spiro atoms. The number of hydrogen-bond acceptors (Lipinski definition) is 4. The van der Waals surface area contributed by atoms with E-state index in [0.29, 0.717) is 22.9 Å². The molecule has 0 heterocycles. The van der Waals surface area contributed by atoms with Crippen LogP contribution in [0.15, 0.2) is 34.3 Å². The van der Waals surface area contributed by atoms with Gasteiger partial charge in [-0.15, -0.1) is 23.2 Å². The summed E-state index contributed by atoms with van der Waals surface area (Å²) in [5.41, 5.74) is 3.90. The molecule has 3 rings (SSSR count). The van der Waals surface area contributed by atoms with E-state index in [1.54, 1.807) is 12.4 Å². The fourth-order valence-corrected chi connectivity index (χ4v) is 4.99. The van der Waals surface area contributed by atoms with Crippen LogP contribution in [0, 0.1) is 0 Å². The predicted octanol–water partition coefficient (Wildman–Crippen LogP) is 3.38. The van der Waals surface area contributed by atoms with E-state index in [-0.39, 0.29) is 64.2 Å². The molecule has 0 aromatic heterocycles. The smallest absolute Gasteiger partial charge is 1.00 e. The Bertz CT molecular complexity index is 1050. The maximum atomic E-state index is 13.1. The van der Waals surface area contributed by atoms with Gasteiger partial charge in [-0.25, -0.2) is 0 Å². The molecule has 1 aliphatic carbocycles. The van der Waals surface area contributed by atoms with Gasteiger partial charge in [0, 0.05) is 24.2 Å². The molecule has 38 heavy (non-hydrogen) atoms. The Balaban J connectivity index is 0.00000361. The second-order valence-corrected chi connectivity index (χ2v) is 12.4. The van der Waals surface area contributed by atoms with Crippen molar-refractivity contribution in [3.05, 3.63) is 57.6 Å². The zero-order valence-corrected chi connectivity index (χ0v) is 26.7. The topological polar surface area (TPSA) is 70.8 Å². The van der Waals surface area contributed by atoms with E-state index in [2.05, 4.69) is 0 Å². The summed E-state index contributed by atoms with van der Waals surface area (Å²) in [6.45, 7) is 12.2. The number of hydrogen-bond donors (Lipinski definition) is 0. The summed E-state index contributed by atoms with van der Waals surface area (Å²) in [6.07, 6.45) is 7.33. The standard InChI is InChI=1S/C30H40Cl2N2O2.Al.ClH/c1-29(2,3)23-13-19(15-31)11-21(27(23)35)17-33-25-9-7-8-10-26(25)34-18-22-12-20(16-32)14-24(28(22)36)30(4,5)6;;/h11-14,17-18,25-26,35-36H,7-10,15-16H2,1-6H3;;1H/q;+3;/p-3. The van der Waals surface area contributed by atoms with Gasteiger partial charge in [0.1, 0.15) is 0 Å². The van der Waals surface area contributed by atoms with Crippen molar-refractivity contribution in [1.29, 1.82) is 0 Å². The normalized spacial score (nSPS) is 18.4. The minimum atomic E-state index is -0.279. The quantitative estimate of drug-likeness (QED) is 0.294. The third kappa shape index (κ3) is 8.64. The van der Waals surface area contributed by atoms with Crippen molar-refractivity contribution in [3.63, 3.8) is 0 Å². The Morgan fingerprint density at radius 2 is 1.08 bits per heavy atom. The molecule has 4 nitrogen and oxygen atoms in total. The van der Waals surface area contributed by atoms with Crippen molar-refractivity contribution >= 4 is 53.0 Å². The van der Waals surface area contributed by atoms with Crippen LogP contribution in [0.5, 0.6) is 11.5 Å².